The van der Waals surface area contributed by atoms with Gasteiger partial charge in [0.1, 0.15) is 0 Å². The first kappa shape index (κ1) is 15.0. The molecule has 0 saturated heterocycles. The number of nitrogens with two attached hydrogens (primary N) is 1. The fraction of sp³-hybridized carbons (Fsp3) is 0.588. The zero-order valence-corrected chi connectivity index (χ0v) is 13.1. The molecule has 1 aromatic rings. The van der Waals surface area contributed by atoms with E-state index in [9.17, 15) is 4.79 Å². The summed E-state index contributed by atoms with van der Waals surface area (Å²) >= 11 is 0. The zero-order chi connectivity index (χ0) is 15.0. The number of carbonyl (C=O) groups excluding carboxylic acids is 1. The Morgan fingerprint density at radius 2 is 1.65 bits per heavy atom. The summed E-state index contributed by atoms with van der Waals surface area (Å²) in [5.41, 5.74) is 7.91. The molecule has 0 spiro atoms. The van der Waals surface area contributed by atoms with Gasteiger partial charge < -0.3 is 10.6 Å². The van der Waals surface area contributed by atoms with Crippen LogP contribution in [0.2, 0.25) is 0 Å². The SMILES string of the molecule is CN(C(=O)C1(N)CCCC1)c1ccc(C(C)(C)C)cc1. The van der Waals surface area contributed by atoms with Crippen LogP contribution < -0.4 is 10.6 Å². The summed E-state index contributed by atoms with van der Waals surface area (Å²) in [5.74, 6) is 0.0403. The number of amides is 1. The van der Waals surface area contributed by atoms with Crippen LogP contribution in [-0.4, -0.2) is 18.5 Å². The van der Waals surface area contributed by atoms with Crippen molar-refractivity contribution in [3.63, 3.8) is 0 Å². The Hall–Kier alpha value is -1.35. The van der Waals surface area contributed by atoms with Crippen LogP contribution >= 0.6 is 0 Å². The van der Waals surface area contributed by atoms with E-state index in [-0.39, 0.29) is 11.3 Å². The number of benzene rings is 1. The standard InChI is InChI=1S/C17H26N2O/c1-16(2,3)13-7-9-14(10-8-13)19(4)15(20)17(18)11-5-6-12-17/h7-10H,5-6,11-12,18H2,1-4H3. The molecule has 1 aromatic carbocycles. The van der Waals surface area contributed by atoms with Crippen LogP contribution in [0.5, 0.6) is 0 Å². The lowest BCUT2D eigenvalue weighted by Crippen LogP contribution is -2.52. The smallest absolute Gasteiger partial charge is 0.246 e. The third kappa shape index (κ3) is 2.88. The number of anilines is 1. The van der Waals surface area contributed by atoms with Crippen molar-refractivity contribution < 1.29 is 4.79 Å². The van der Waals surface area contributed by atoms with E-state index in [2.05, 4.69) is 32.9 Å². The molecular formula is C17H26N2O. The number of likely N-dealkylation sites (N-methyl/N-ethyl adjacent to an activating group) is 1. The molecule has 0 atom stereocenters. The second-order valence-electron chi connectivity index (χ2n) is 7.02. The molecule has 0 aromatic heterocycles. The molecule has 0 aliphatic heterocycles. The van der Waals surface area contributed by atoms with Crippen molar-refractivity contribution in [1.82, 2.24) is 0 Å². The van der Waals surface area contributed by atoms with Gasteiger partial charge in [0.15, 0.2) is 0 Å². The van der Waals surface area contributed by atoms with Crippen LogP contribution in [0.4, 0.5) is 5.69 Å². The normalized spacial score (nSPS) is 18.1. The number of nitrogens with zero attached hydrogens (tertiary/aromatic N) is 1. The molecule has 3 heteroatoms. The molecule has 1 amide bonds. The van der Waals surface area contributed by atoms with E-state index in [1.165, 1.54) is 5.56 Å². The highest BCUT2D eigenvalue weighted by Crippen LogP contribution is 2.31. The van der Waals surface area contributed by atoms with Crippen molar-refractivity contribution in [1.29, 1.82) is 0 Å². The highest BCUT2D eigenvalue weighted by Gasteiger charge is 2.39. The summed E-state index contributed by atoms with van der Waals surface area (Å²) in [7, 11) is 1.82. The van der Waals surface area contributed by atoms with E-state index < -0.39 is 5.54 Å². The minimum absolute atomic E-state index is 0.0403. The Kier molecular flexibility index (Phi) is 3.92. The van der Waals surface area contributed by atoms with Crippen LogP contribution in [0.3, 0.4) is 0 Å². The largest absolute Gasteiger partial charge is 0.317 e. The Morgan fingerprint density at radius 1 is 1.15 bits per heavy atom. The third-order valence-electron chi connectivity index (χ3n) is 4.35. The lowest BCUT2D eigenvalue weighted by molar-refractivity contribution is -0.123. The molecule has 1 aliphatic rings. The van der Waals surface area contributed by atoms with Crippen LogP contribution in [0.15, 0.2) is 24.3 Å². The van der Waals surface area contributed by atoms with E-state index in [4.69, 9.17) is 5.73 Å². The van der Waals surface area contributed by atoms with Crippen molar-refractivity contribution in [2.45, 2.75) is 57.4 Å². The number of carbonyl (C=O) groups is 1. The molecule has 1 aliphatic carbocycles. The molecule has 20 heavy (non-hydrogen) atoms. The molecular weight excluding hydrogens is 248 g/mol. The van der Waals surface area contributed by atoms with Gasteiger partial charge in [0.25, 0.3) is 0 Å². The maximum absolute atomic E-state index is 12.6. The Balaban J connectivity index is 2.17. The second kappa shape index (κ2) is 5.21. The van der Waals surface area contributed by atoms with Gasteiger partial charge in [-0.25, -0.2) is 0 Å². The van der Waals surface area contributed by atoms with E-state index in [0.717, 1.165) is 31.4 Å². The molecule has 0 bridgehead atoms. The van der Waals surface area contributed by atoms with Crippen LogP contribution in [-0.2, 0) is 10.2 Å². The summed E-state index contributed by atoms with van der Waals surface area (Å²) in [5, 5.41) is 0. The third-order valence-corrected chi connectivity index (χ3v) is 4.35. The lowest BCUT2D eigenvalue weighted by Gasteiger charge is -2.29. The van der Waals surface area contributed by atoms with Gasteiger partial charge in [-0.1, -0.05) is 45.7 Å². The number of rotatable bonds is 2. The van der Waals surface area contributed by atoms with Gasteiger partial charge in [-0.2, -0.15) is 0 Å². The first-order chi connectivity index (χ1) is 9.24. The Bertz CT molecular complexity index is 479. The van der Waals surface area contributed by atoms with Crippen molar-refractivity contribution in [3.8, 4) is 0 Å². The van der Waals surface area contributed by atoms with Gasteiger partial charge in [0.2, 0.25) is 5.91 Å². The monoisotopic (exact) mass is 274 g/mol. The fourth-order valence-corrected chi connectivity index (χ4v) is 2.86. The molecule has 3 nitrogen and oxygen atoms in total. The summed E-state index contributed by atoms with van der Waals surface area (Å²) in [6, 6.07) is 8.21. The van der Waals surface area contributed by atoms with Gasteiger partial charge >= 0.3 is 0 Å². The summed E-state index contributed by atoms with van der Waals surface area (Å²) in [6.07, 6.45) is 3.71. The van der Waals surface area contributed by atoms with Crippen molar-refractivity contribution in [2.24, 2.45) is 5.73 Å². The summed E-state index contributed by atoms with van der Waals surface area (Å²) in [6.45, 7) is 6.55. The predicted octanol–water partition coefficient (Wildman–Crippen LogP) is 3.22. The van der Waals surface area contributed by atoms with E-state index >= 15 is 0 Å². The highest BCUT2D eigenvalue weighted by molar-refractivity contribution is 5.99. The van der Waals surface area contributed by atoms with Crippen LogP contribution in [0.1, 0.15) is 52.0 Å². The van der Waals surface area contributed by atoms with Crippen molar-refractivity contribution in [3.05, 3.63) is 29.8 Å². The number of hydrogen-bond acceptors (Lipinski definition) is 2. The summed E-state index contributed by atoms with van der Waals surface area (Å²) in [4.78, 5) is 14.3. The maximum Gasteiger partial charge on any atom is 0.246 e. The molecule has 110 valence electrons. The molecule has 1 fully saturated rings. The minimum Gasteiger partial charge on any atom is -0.317 e. The van der Waals surface area contributed by atoms with E-state index in [1.54, 1.807) is 4.90 Å². The lowest BCUT2D eigenvalue weighted by atomic mass is 9.87. The van der Waals surface area contributed by atoms with Gasteiger partial charge in [-0.05, 0) is 36.0 Å². The first-order valence-corrected chi connectivity index (χ1v) is 7.42. The first-order valence-electron chi connectivity index (χ1n) is 7.42. The van der Waals surface area contributed by atoms with Gasteiger partial charge in [-0.3, -0.25) is 4.79 Å². The van der Waals surface area contributed by atoms with Crippen molar-refractivity contribution >= 4 is 11.6 Å². The molecule has 1 saturated carbocycles. The van der Waals surface area contributed by atoms with Crippen molar-refractivity contribution in [2.75, 3.05) is 11.9 Å². The Labute approximate surface area is 122 Å². The topological polar surface area (TPSA) is 46.3 Å². The maximum atomic E-state index is 12.6. The Morgan fingerprint density at radius 3 is 2.10 bits per heavy atom. The highest BCUT2D eigenvalue weighted by atomic mass is 16.2. The molecule has 2 rings (SSSR count). The number of hydrogen-bond donors (Lipinski definition) is 1. The molecule has 0 radical (unpaired) electrons. The predicted molar refractivity (Wildman–Crippen MR) is 83.9 cm³/mol. The molecule has 0 unspecified atom stereocenters. The molecule has 2 N–H and O–H groups in total. The summed E-state index contributed by atoms with van der Waals surface area (Å²) < 4.78 is 0. The quantitative estimate of drug-likeness (QED) is 0.900. The van der Waals surface area contributed by atoms with Crippen LogP contribution in [0, 0.1) is 0 Å². The average molecular weight is 274 g/mol. The molecule has 0 heterocycles. The zero-order valence-electron chi connectivity index (χ0n) is 13.1. The van der Waals surface area contributed by atoms with Gasteiger partial charge in [0, 0.05) is 12.7 Å². The van der Waals surface area contributed by atoms with E-state index in [1.807, 2.05) is 19.2 Å². The average Bonchev–Trinajstić information content (AvgIpc) is 2.84. The minimum atomic E-state index is -0.655. The second-order valence-corrected chi connectivity index (χ2v) is 7.02. The fourth-order valence-electron chi connectivity index (χ4n) is 2.86. The van der Waals surface area contributed by atoms with Gasteiger partial charge in [0.05, 0.1) is 5.54 Å². The van der Waals surface area contributed by atoms with Gasteiger partial charge in [-0.15, -0.1) is 0 Å². The van der Waals surface area contributed by atoms with Crippen LogP contribution in [0.25, 0.3) is 0 Å². The van der Waals surface area contributed by atoms with E-state index in [0.29, 0.717) is 0 Å².